The molecule has 1 aliphatic carbocycles. The van der Waals surface area contributed by atoms with E-state index in [9.17, 15) is 0 Å². The van der Waals surface area contributed by atoms with Crippen LogP contribution in [0.3, 0.4) is 0 Å². The molecule has 3 aliphatic rings. The smallest absolute Gasteiger partial charge is 0.146 e. The molecule has 170 valence electrons. The molecule has 5 rings (SSSR count). The lowest BCUT2D eigenvalue weighted by Gasteiger charge is -2.46. The number of fused-ring (bicyclic) bond motifs is 3. The number of hydrogen-bond donors (Lipinski definition) is 2. The van der Waals surface area contributed by atoms with E-state index in [1.807, 2.05) is 11.3 Å². The predicted molar refractivity (Wildman–Crippen MR) is 128 cm³/mol. The summed E-state index contributed by atoms with van der Waals surface area (Å²) in [6.07, 6.45) is 7.12. The van der Waals surface area contributed by atoms with Crippen LogP contribution in [0.25, 0.3) is 10.2 Å². The number of aryl methyl sites for hydroxylation is 2. The van der Waals surface area contributed by atoms with Gasteiger partial charge in [-0.15, -0.1) is 11.3 Å². The average Bonchev–Trinajstić information content (AvgIpc) is 3.05. The second-order valence-electron chi connectivity index (χ2n) is 10.9. The normalized spacial score (nSPS) is 24.3. The third-order valence-corrected chi connectivity index (χ3v) is 8.05. The van der Waals surface area contributed by atoms with Gasteiger partial charge < -0.3 is 15.4 Å². The van der Waals surface area contributed by atoms with Crippen molar-refractivity contribution < 1.29 is 4.74 Å². The van der Waals surface area contributed by atoms with Crippen LogP contribution in [0.5, 0.6) is 0 Å². The van der Waals surface area contributed by atoms with Crippen molar-refractivity contribution in [3.8, 4) is 0 Å². The minimum atomic E-state index is 0.107. The van der Waals surface area contributed by atoms with Crippen LogP contribution in [0.15, 0.2) is 0 Å². The number of nitrogens with zero attached hydrogens (tertiary/aromatic N) is 3. The summed E-state index contributed by atoms with van der Waals surface area (Å²) in [5.74, 6) is 2.02. The van der Waals surface area contributed by atoms with Crippen molar-refractivity contribution in [3.63, 3.8) is 0 Å². The molecule has 2 aliphatic heterocycles. The van der Waals surface area contributed by atoms with Gasteiger partial charge in [0.05, 0.1) is 25.1 Å². The summed E-state index contributed by atoms with van der Waals surface area (Å²) >= 11 is 1.91. The highest BCUT2D eigenvalue weighted by Crippen LogP contribution is 2.40. The maximum atomic E-state index is 5.53. The predicted octanol–water partition coefficient (Wildman–Crippen LogP) is 4.12. The van der Waals surface area contributed by atoms with Gasteiger partial charge in [0.25, 0.3) is 0 Å². The summed E-state index contributed by atoms with van der Waals surface area (Å²) < 4.78 is 5.53. The van der Waals surface area contributed by atoms with Crippen LogP contribution in [-0.4, -0.2) is 58.3 Å². The third-order valence-electron chi connectivity index (χ3n) is 6.86. The molecule has 2 fully saturated rings. The molecule has 0 radical (unpaired) electrons. The molecule has 2 N–H and O–H groups in total. The highest BCUT2D eigenvalue weighted by Gasteiger charge is 2.38. The van der Waals surface area contributed by atoms with Gasteiger partial charge in [0.1, 0.15) is 16.5 Å². The van der Waals surface area contributed by atoms with E-state index in [2.05, 4.69) is 43.2 Å². The van der Waals surface area contributed by atoms with E-state index in [0.29, 0.717) is 6.04 Å². The summed E-state index contributed by atoms with van der Waals surface area (Å²) in [4.78, 5) is 15.3. The Bertz CT molecular complexity index is 931. The molecule has 2 aromatic heterocycles. The van der Waals surface area contributed by atoms with Crippen molar-refractivity contribution in [3.05, 3.63) is 16.3 Å². The topological polar surface area (TPSA) is 62.3 Å². The lowest BCUT2D eigenvalue weighted by atomic mass is 9.79. The number of rotatable bonds is 4. The molecule has 2 saturated heterocycles. The van der Waals surface area contributed by atoms with Gasteiger partial charge in [-0.25, -0.2) is 9.97 Å². The summed E-state index contributed by atoms with van der Waals surface area (Å²) in [6.45, 7) is 13.6. The number of piperidine rings is 1. The molecule has 0 bridgehead atoms. The van der Waals surface area contributed by atoms with Gasteiger partial charge >= 0.3 is 0 Å². The minimum absolute atomic E-state index is 0.107. The zero-order valence-corrected chi connectivity index (χ0v) is 20.3. The van der Waals surface area contributed by atoms with Gasteiger partial charge in [0.15, 0.2) is 0 Å². The fraction of sp³-hybridized carbons (Fsp3) is 0.750. The Morgan fingerprint density at radius 1 is 1.06 bits per heavy atom. The molecular weight excluding hydrogens is 406 g/mol. The lowest BCUT2D eigenvalue weighted by molar-refractivity contribution is 0.0331. The molecule has 0 atom stereocenters. The molecule has 0 unspecified atom stereocenters. The zero-order valence-electron chi connectivity index (χ0n) is 19.5. The quantitative estimate of drug-likeness (QED) is 0.741. The van der Waals surface area contributed by atoms with Crippen LogP contribution >= 0.6 is 11.3 Å². The molecule has 0 amide bonds. The van der Waals surface area contributed by atoms with Crippen molar-refractivity contribution >= 4 is 27.4 Å². The number of aromatic nitrogens is 2. The van der Waals surface area contributed by atoms with Crippen LogP contribution in [0, 0.1) is 0 Å². The van der Waals surface area contributed by atoms with Crippen LogP contribution in [0.1, 0.15) is 69.6 Å². The summed E-state index contributed by atoms with van der Waals surface area (Å²) in [5, 5.41) is 9.03. The number of hydrogen-bond acceptors (Lipinski definition) is 7. The largest absolute Gasteiger partial charge is 0.379 e. The van der Waals surface area contributed by atoms with E-state index in [1.54, 1.807) is 0 Å². The van der Waals surface area contributed by atoms with Crippen LogP contribution in [0.2, 0.25) is 0 Å². The van der Waals surface area contributed by atoms with Crippen molar-refractivity contribution in [2.24, 2.45) is 0 Å². The van der Waals surface area contributed by atoms with Gasteiger partial charge in [-0.2, -0.15) is 0 Å². The fourth-order valence-corrected chi connectivity index (χ4v) is 7.23. The van der Waals surface area contributed by atoms with Crippen molar-refractivity contribution in [1.29, 1.82) is 0 Å². The standard InChI is InChI=1S/C24H37N5OS/c1-23(2)13-16(14-24(3,4)28-23)25-21-20-17-7-5-6-8-18(17)31-22(20)27-19(26-21)15-29-9-11-30-12-10-29/h16,28H,5-15H2,1-4H3,(H,25,26,27). The Hall–Kier alpha value is -1.28. The Balaban J connectivity index is 1.50. The molecule has 31 heavy (non-hydrogen) atoms. The maximum Gasteiger partial charge on any atom is 0.146 e. The minimum Gasteiger partial charge on any atom is -0.379 e. The van der Waals surface area contributed by atoms with Crippen LogP contribution < -0.4 is 10.6 Å². The van der Waals surface area contributed by atoms with Gasteiger partial charge in [-0.1, -0.05) is 0 Å². The molecule has 0 saturated carbocycles. The van der Waals surface area contributed by atoms with Gasteiger partial charge in [-0.05, 0) is 71.8 Å². The first-order valence-corrected chi connectivity index (χ1v) is 12.8. The number of nitrogens with one attached hydrogen (secondary N) is 2. The SMILES string of the molecule is CC1(C)CC(Nc2nc(CN3CCOCC3)nc3sc4c(c23)CCCC4)CC(C)(C)N1. The van der Waals surface area contributed by atoms with E-state index < -0.39 is 0 Å². The van der Waals surface area contributed by atoms with Crippen molar-refractivity contribution in [2.75, 3.05) is 31.6 Å². The molecule has 2 aromatic rings. The molecular formula is C24H37N5OS. The number of morpholine rings is 1. The lowest BCUT2D eigenvalue weighted by Crippen LogP contribution is -2.60. The molecule has 6 nitrogen and oxygen atoms in total. The second kappa shape index (κ2) is 8.25. The zero-order chi connectivity index (χ0) is 21.6. The van der Waals surface area contributed by atoms with E-state index in [1.165, 1.54) is 46.3 Å². The highest BCUT2D eigenvalue weighted by atomic mass is 32.1. The average molecular weight is 444 g/mol. The third kappa shape index (κ3) is 4.75. The fourth-order valence-electron chi connectivity index (χ4n) is 5.95. The van der Waals surface area contributed by atoms with E-state index in [0.717, 1.165) is 57.3 Å². The number of anilines is 1. The van der Waals surface area contributed by atoms with Crippen LogP contribution in [0.4, 0.5) is 5.82 Å². The number of thiophene rings is 1. The summed E-state index contributed by atoms with van der Waals surface area (Å²) in [7, 11) is 0. The maximum absolute atomic E-state index is 5.53. The van der Waals surface area contributed by atoms with Crippen molar-refractivity contribution in [2.45, 2.75) is 89.9 Å². The summed E-state index contributed by atoms with van der Waals surface area (Å²) in [6, 6.07) is 0.403. The van der Waals surface area contributed by atoms with Crippen LogP contribution in [-0.2, 0) is 24.1 Å². The van der Waals surface area contributed by atoms with Gasteiger partial charge in [0, 0.05) is 35.1 Å². The molecule has 0 aromatic carbocycles. The van der Waals surface area contributed by atoms with Gasteiger partial charge in [0.2, 0.25) is 0 Å². The molecule has 7 heteroatoms. The first kappa shape index (κ1) is 21.6. The van der Waals surface area contributed by atoms with Crippen molar-refractivity contribution in [1.82, 2.24) is 20.2 Å². The first-order valence-electron chi connectivity index (χ1n) is 12.0. The Morgan fingerprint density at radius 2 is 1.77 bits per heavy atom. The highest BCUT2D eigenvalue weighted by molar-refractivity contribution is 7.19. The second-order valence-corrected chi connectivity index (χ2v) is 12.0. The Kier molecular flexibility index (Phi) is 5.74. The Morgan fingerprint density at radius 3 is 2.52 bits per heavy atom. The van der Waals surface area contributed by atoms with E-state index in [-0.39, 0.29) is 11.1 Å². The molecule has 4 heterocycles. The van der Waals surface area contributed by atoms with Gasteiger partial charge in [-0.3, -0.25) is 4.90 Å². The first-order chi connectivity index (χ1) is 14.8. The Labute approximate surface area is 190 Å². The molecule has 0 spiro atoms. The summed E-state index contributed by atoms with van der Waals surface area (Å²) in [5.41, 5.74) is 1.73. The monoisotopic (exact) mass is 443 g/mol. The van der Waals surface area contributed by atoms with E-state index >= 15 is 0 Å². The number of ether oxygens (including phenoxy) is 1. The van der Waals surface area contributed by atoms with E-state index in [4.69, 9.17) is 14.7 Å².